The first-order chi connectivity index (χ1) is 7.58. The maximum atomic E-state index is 12.5. The van der Waals surface area contributed by atoms with Gasteiger partial charge in [-0.2, -0.15) is 0 Å². The monoisotopic (exact) mass is 243 g/mol. The number of benzene rings is 1. The lowest BCUT2D eigenvalue weighted by Crippen LogP contribution is -2.49. The molecule has 3 nitrogen and oxygen atoms in total. The van der Waals surface area contributed by atoms with Gasteiger partial charge in [-0.1, -0.05) is 18.2 Å². The average Bonchev–Trinajstić information content (AvgIpc) is 2.24. The predicted molar refractivity (Wildman–Crippen MR) is 59.8 cm³/mol. The number of hydrogen-bond donors (Lipinski definition) is 0. The Kier molecular flexibility index (Phi) is 3.25. The molecule has 0 radical (unpaired) electrons. The summed E-state index contributed by atoms with van der Waals surface area (Å²) >= 11 is 0. The van der Waals surface area contributed by atoms with E-state index < -0.39 is 16.0 Å². The van der Waals surface area contributed by atoms with Crippen LogP contribution in [0.4, 0.5) is 4.39 Å². The second kappa shape index (κ2) is 4.51. The summed E-state index contributed by atoms with van der Waals surface area (Å²) in [5.41, 5.74) is 0. The van der Waals surface area contributed by atoms with E-state index in [1.54, 1.807) is 30.3 Å². The second-order valence-electron chi connectivity index (χ2n) is 3.99. The van der Waals surface area contributed by atoms with Gasteiger partial charge in [-0.15, -0.1) is 0 Å². The first-order valence-corrected chi connectivity index (χ1v) is 6.87. The number of halogens is 1. The smallest absolute Gasteiger partial charge is 0.179 e. The minimum absolute atomic E-state index is 0.0593. The van der Waals surface area contributed by atoms with E-state index in [9.17, 15) is 12.8 Å². The van der Waals surface area contributed by atoms with E-state index in [0.717, 1.165) is 0 Å². The molecule has 1 saturated heterocycles. The summed E-state index contributed by atoms with van der Waals surface area (Å²) in [6.07, 6.45) is -0.778. The van der Waals surface area contributed by atoms with Gasteiger partial charge in [0.25, 0.3) is 0 Å². The second-order valence-corrected chi connectivity index (χ2v) is 6.10. The van der Waals surface area contributed by atoms with Crippen molar-refractivity contribution in [1.82, 2.24) is 4.90 Å². The van der Waals surface area contributed by atoms with E-state index in [-0.39, 0.29) is 5.75 Å². The van der Waals surface area contributed by atoms with Crippen molar-refractivity contribution in [2.45, 2.75) is 11.1 Å². The summed E-state index contributed by atoms with van der Waals surface area (Å²) in [5.74, 6) is 0.0593. The Bertz CT molecular complexity index is 440. The molecule has 0 atom stereocenters. The fourth-order valence-electron chi connectivity index (χ4n) is 1.68. The number of nitrogens with zero attached hydrogens (tertiary/aromatic N) is 1. The highest BCUT2D eigenvalue weighted by Crippen LogP contribution is 2.14. The zero-order chi connectivity index (χ0) is 11.6. The highest BCUT2D eigenvalue weighted by molar-refractivity contribution is 7.91. The van der Waals surface area contributed by atoms with Crippen LogP contribution in [-0.4, -0.2) is 44.9 Å². The Labute approximate surface area is 94.8 Å². The summed E-state index contributed by atoms with van der Waals surface area (Å²) in [6.45, 7) is 1.15. The normalized spacial score (nSPS) is 18.3. The van der Waals surface area contributed by atoms with Gasteiger partial charge in [0.2, 0.25) is 0 Å². The molecule has 1 aliphatic heterocycles. The number of likely N-dealkylation sites (tertiary alicyclic amines) is 1. The van der Waals surface area contributed by atoms with Crippen LogP contribution in [-0.2, 0) is 9.84 Å². The molecule has 0 aromatic heterocycles. The van der Waals surface area contributed by atoms with Crippen molar-refractivity contribution in [1.29, 1.82) is 0 Å². The molecule has 1 aromatic rings. The van der Waals surface area contributed by atoms with Crippen LogP contribution < -0.4 is 0 Å². The summed E-state index contributed by atoms with van der Waals surface area (Å²) in [5, 5.41) is 0. The van der Waals surface area contributed by atoms with Gasteiger partial charge in [0.1, 0.15) is 6.17 Å². The quantitative estimate of drug-likeness (QED) is 0.795. The predicted octanol–water partition coefficient (Wildman–Crippen LogP) is 1.11. The van der Waals surface area contributed by atoms with Crippen LogP contribution in [0.15, 0.2) is 35.2 Å². The summed E-state index contributed by atoms with van der Waals surface area (Å²) in [7, 11) is -3.21. The van der Waals surface area contributed by atoms with Crippen molar-refractivity contribution >= 4 is 9.84 Å². The van der Waals surface area contributed by atoms with E-state index in [1.165, 1.54) is 0 Å². The fourth-order valence-corrected chi connectivity index (χ4v) is 2.99. The van der Waals surface area contributed by atoms with E-state index in [4.69, 9.17) is 0 Å². The Hall–Kier alpha value is -0.940. The lowest BCUT2D eigenvalue weighted by molar-refractivity contribution is 0.0718. The third-order valence-corrected chi connectivity index (χ3v) is 4.40. The minimum atomic E-state index is -3.21. The highest BCUT2D eigenvalue weighted by Gasteiger charge is 2.27. The first-order valence-electron chi connectivity index (χ1n) is 5.22. The summed E-state index contributed by atoms with van der Waals surface area (Å²) < 4.78 is 36.2. The molecule has 1 fully saturated rings. The van der Waals surface area contributed by atoms with E-state index >= 15 is 0 Å². The molecule has 5 heteroatoms. The van der Waals surface area contributed by atoms with Crippen molar-refractivity contribution in [2.75, 3.05) is 25.4 Å². The molecule has 0 aliphatic carbocycles. The van der Waals surface area contributed by atoms with Crippen molar-refractivity contribution < 1.29 is 12.8 Å². The maximum Gasteiger partial charge on any atom is 0.179 e. The molecule has 1 aliphatic rings. The van der Waals surface area contributed by atoms with E-state index in [2.05, 4.69) is 0 Å². The van der Waals surface area contributed by atoms with Crippen LogP contribution in [0.5, 0.6) is 0 Å². The molecule has 2 rings (SSSR count). The molecule has 1 heterocycles. The van der Waals surface area contributed by atoms with Gasteiger partial charge >= 0.3 is 0 Å². The molecule has 1 aromatic carbocycles. The van der Waals surface area contributed by atoms with Crippen molar-refractivity contribution in [2.24, 2.45) is 0 Å². The van der Waals surface area contributed by atoms with Crippen LogP contribution >= 0.6 is 0 Å². The fraction of sp³-hybridized carbons (Fsp3) is 0.455. The Balaban J connectivity index is 1.94. The van der Waals surface area contributed by atoms with E-state index in [0.29, 0.717) is 24.5 Å². The van der Waals surface area contributed by atoms with Gasteiger partial charge in [-0.05, 0) is 12.1 Å². The number of hydrogen-bond acceptors (Lipinski definition) is 3. The lowest BCUT2D eigenvalue weighted by atomic mass is 10.2. The molecule has 0 spiro atoms. The van der Waals surface area contributed by atoms with Crippen LogP contribution in [0, 0.1) is 0 Å². The topological polar surface area (TPSA) is 37.4 Å². The zero-order valence-electron chi connectivity index (χ0n) is 8.84. The largest absolute Gasteiger partial charge is 0.296 e. The Morgan fingerprint density at radius 2 is 1.88 bits per heavy atom. The third kappa shape index (κ3) is 2.59. The third-order valence-electron chi connectivity index (χ3n) is 2.69. The van der Waals surface area contributed by atoms with Crippen LogP contribution in [0.3, 0.4) is 0 Å². The van der Waals surface area contributed by atoms with Gasteiger partial charge < -0.3 is 0 Å². The highest BCUT2D eigenvalue weighted by atomic mass is 32.2. The molecule has 0 N–H and O–H groups in total. The minimum Gasteiger partial charge on any atom is -0.296 e. The molecule has 0 unspecified atom stereocenters. The van der Waals surface area contributed by atoms with Crippen molar-refractivity contribution in [3.05, 3.63) is 30.3 Å². The number of alkyl halides is 1. The SMILES string of the molecule is O=S(=O)(CCN1CC(F)C1)c1ccccc1. The Morgan fingerprint density at radius 3 is 2.44 bits per heavy atom. The molecule has 88 valence electrons. The molecule has 16 heavy (non-hydrogen) atoms. The number of rotatable bonds is 4. The molecule has 0 saturated carbocycles. The maximum absolute atomic E-state index is 12.5. The molecule has 0 amide bonds. The van der Waals surface area contributed by atoms with E-state index in [1.807, 2.05) is 4.90 Å². The summed E-state index contributed by atoms with van der Waals surface area (Å²) in [6, 6.07) is 8.36. The molecule has 0 bridgehead atoms. The molecular formula is C11H14FNO2S. The van der Waals surface area contributed by atoms with Crippen molar-refractivity contribution in [3.63, 3.8) is 0 Å². The van der Waals surface area contributed by atoms with Crippen LogP contribution in [0.1, 0.15) is 0 Å². The van der Waals surface area contributed by atoms with Gasteiger partial charge in [-0.25, -0.2) is 12.8 Å². The lowest BCUT2D eigenvalue weighted by Gasteiger charge is -2.33. The van der Waals surface area contributed by atoms with Gasteiger partial charge in [-0.3, -0.25) is 4.90 Å². The average molecular weight is 243 g/mol. The zero-order valence-corrected chi connectivity index (χ0v) is 9.66. The summed E-state index contributed by atoms with van der Waals surface area (Å²) in [4.78, 5) is 2.15. The van der Waals surface area contributed by atoms with Gasteiger partial charge in [0.05, 0.1) is 10.6 Å². The number of sulfone groups is 1. The Morgan fingerprint density at radius 1 is 1.25 bits per heavy atom. The van der Waals surface area contributed by atoms with Crippen molar-refractivity contribution in [3.8, 4) is 0 Å². The van der Waals surface area contributed by atoms with Gasteiger partial charge in [0.15, 0.2) is 9.84 Å². The standard InChI is InChI=1S/C11H14FNO2S/c12-10-8-13(9-10)6-7-16(14,15)11-4-2-1-3-5-11/h1-5,10H,6-9H2. The van der Waals surface area contributed by atoms with Crippen LogP contribution in [0.25, 0.3) is 0 Å². The first kappa shape index (κ1) is 11.5. The molecular weight excluding hydrogens is 229 g/mol. The van der Waals surface area contributed by atoms with Gasteiger partial charge in [0, 0.05) is 19.6 Å². The van der Waals surface area contributed by atoms with Crippen LogP contribution in [0.2, 0.25) is 0 Å².